The van der Waals surface area contributed by atoms with E-state index in [9.17, 15) is 0 Å². The second-order valence-corrected chi connectivity index (χ2v) is 3.61. The first-order valence-electron chi connectivity index (χ1n) is 3.75. The molecule has 0 radical (unpaired) electrons. The molecule has 1 rings (SSSR count). The lowest BCUT2D eigenvalue weighted by Gasteiger charge is -1.89. The molecule has 0 amide bonds. The summed E-state index contributed by atoms with van der Waals surface area (Å²) in [6.45, 7) is 0. The predicted octanol–water partition coefficient (Wildman–Crippen LogP) is 0.344. The van der Waals surface area contributed by atoms with Crippen molar-refractivity contribution in [2.24, 2.45) is 5.73 Å². The van der Waals surface area contributed by atoms with Crippen LogP contribution in [0.25, 0.3) is 9.28 Å². The van der Waals surface area contributed by atoms with Gasteiger partial charge in [-0.3, -0.25) is 0 Å². The van der Waals surface area contributed by atoms with E-state index in [4.69, 9.17) is 16.3 Å². The third-order valence-electron chi connectivity index (χ3n) is 1.67. The molecule has 14 heavy (non-hydrogen) atoms. The summed E-state index contributed by atoms with van der Waals surface area (Å²) in [4.78, 5) is 0. The van der Waals surface area contributed by atoms with Crippen LogP contribution in [-0.2, 0) is 0 Å². The average Bonchev–Trinajstić information content (AvgIpc) is 2.27. The van der Waals surface area contributed by atoms with E-state index in [1.54, 1.807) is 24.3 Å². The number of hydrogen-bond donors (Lipinski definition) is 1. The molecule has 0 unspecified atom stereocenters. The first kappa shape index (κ1) is 10.6. The minimum Gasteiger partial charge on any atom is -0.390 e. The second-order valence-electron chi connectivity index (χ2n) is 2.53. The van der Waals surface area contributed by atoms with Gasteiger partial charge in [0.05, 0.1) is 3.58 Å². The standard InChI is InChI=1S/C10H6IN3/c11-9(5-12)7-1-3-8(4-2-7)10(14)6-13/h1-4H,14H2. The van der Waals surface area contributed by atoms with E-state index >= 15 is 0 Å². The van der Waals surface area contributed by atoms with Crippen LogP contribution in [0.5, 0.6) is 0 Å². The molecule has 1 aromatic carbocycles. The zero-order valence-electron chi connectivity index (χ0n) is 7.16. The Balaban J connectivity index is 3.45. The maximum Gasteiger partial charge on any atom is 0.118 e. The van der Waals surface area contributed by atoms with Gasteiger partial charge in [0.2, 0.25) is 0 Å². The number of nitrogens with zero attached hydrogens (tertiary/aromatic N) is 2. The number of halogens is 1. The number of benzene rings is 1. The van der Waals surface area contributed by atoms with Crippen LogP contribution in [0.3, 0.4) is 0 Å². The first-order valence-corrected chi connectivity index (χ1v) is 4.82. The van der Waals surface area contributed by atoms with Crippen molar-refractivity contribution in [2.45, 2.75) is 0 Å². The first-order chi connectivity index (χ1) is 6.69. The Morgan fingerprint density at radius 1 is 1.07 bits per heavy atom. The van der Waals surface area contributed by atoms with E-state index in [2.05, 4.69) is 0 Å². The second kappa shape index (κ2) is 4.64. The molecule has 0 bridgehead atoms. The number of nitriles is 2. The lowest BCUT2D eigenvalue weighted by atomic mass is 10.2. The van der Waals surface area contributed by atoms with E-state index in [1.807, 2.05) is 34.7 Å². The highest BCUT2D eigenvalue weighted by molar-refractivity contribution is 14.1. The normalized spacial score (nSPS) is 8.50. The van der Waals surface area contributed by atoms with Gasteiger partial charge >= 0.3 is 0 Å². The van der Waals surface area contributed by atoms with Crippen LogP contribution in [0, 0.1) is 22.7 Å². The minimum absolute atomic E-state index is 0.184. The van der Waals surface area contributed by atoms with Crippen molar-refractivity contribution in [1.29, 1.82) is 10.5 Å². The molecule has 0 saturated heterocycles. The fourth-order valence-corrected chi connectivity index (χ4v) is 1.28. The summed E-state index contributed by atoms with van der Waals surface area (Å²) >= 11 is 1.96. The maximum absolute atomic E-state index is 8.64. The van der Waals surface area contributed by atoms with Gasteiger partial charge in [0.15, 0.2) is 0 Å². The molecule has 4 heteroatoms. The van der Waals surface area contributed by atoms with Crippen LogP contribution in [0.15, 0.2) is 24.3 Å². The Kier molecular flexibility index (Phi) is 3.49. The predicted molar refractivity (Wildman–Crippen MR) is 61.9 cm³/mol. The summed E-state index contributed by atoms with van der Waals surface area (Å²) in [6, 6.07) is 10.9. The fraction of sp³-hybridized carbons (Fsp3) is 0. The number of rotatable bonds is 0. The maximum atomic E-state index is 8.64. The smallest absolute Gasteiger partial charge is 0.118 e. The van der Waals surface area contributed by atoms with Crippen LogP contribution in [0.4, 0.5) is 0 Å². The molecule has 0 aliphatic heterocycles. The Hall–Kier alpha value is -1.53. The highest BCUT2D eigenvalue weighted by Crippen LogP contribution is 2.00. The topological polar surface area (TPSA) is 73.6 Å². The van der Waals surface area contributed by atoms with Gasteiger partial charge in [0, 0.05) is 5.22 Å². The molecule has 0 fully saturated rings. The average molecular weight is 295 g/mol. The van der Waals surface area contributed by atoms with Crippen LogP contribution >= 0.6 is 22.6 Å². The van der Waals surface area contributed by atoms with Crippen molar-refractivity contribution >= 4 is 31.9 Å². The molecular weight excluding hydrogens is 289 g/mol. The van der Waals surface area contributed by atoms with Crippen LogP contribution in [0.2, 0.25) is 0 Å². The Morgan fingerprint density at radius 2 is 1.57 bits per heavy atom. The molecule has 0 spiro atoms. The van der Waals surface area contributed by atoms with Gasteiger partial charge in [0.25, 0.3) is 0 Å². The van der Waals surface area contributed by atoms with Crippen LogP contribution in [-0.4, -0.2) is 0 Å². The zero-order valence-corrected chi connectivity index (χ0v) is 9.32. The molecule has 0 saturated carbocycles. The highest BCUT2D eigenvalue weighted by Gasteiger charge is 1.91. The van der Waals surface area contributed by atoms with Gasteiger partial charge in [-0.25, -0.2) is 0 Å². The zero-order chi connectivity index (χ0) is 10.6. The lowest BCUT2D eigenvalue weighted by molar-refractivity contribution is 1.45. The van der Waals surface area contributed by atoms with Crippen molar-refractivity contribution in [3.63, 3.8) is 0 Å². The van der Waals surface area contributed by atoms with Gasteiger partial charge in [-0.15, -0.1) is 0 Å². The summed E-state index contributed by atoms with van der Waals surface area (Å²) in [6.07, 6.45) is 0. The van der Waals surface area contributed by atoms with E-state index < -0.39 is 0 Å². The molecule has 2 N–H and O–H groups in total. The van der Waals surface area contributed by atoms with E-state index in [0.717, 1.165) is 5.22 Å². The molecule has 1 aromatic rings. The largest absolute Gasteiger partial charge is 0.390 e. The minimum atomic E-state index is 0.184. The summed E-state index contributed by atoms with van der Waals surface area (Å²) in [5.74, 6) is 0. The Bertz CT molecular complexity index is 472. The van der Waals surface area contributed by atoms with Gasteiger partial charge in [0.1, 0.15) is 17.8 Å². The van der Waals surface area contributed by atoms with Crippen LogP contribution < -0.4 is 16.2 Å². The quantitative estimate of drug-likeness (QED) is 0.702. The summed E-state index contributed by atoms with van der Waals surface area (Å²) < 4.78 is 0.615. The fourth-order valence-electron chi connectivity index (χ4n) is 0.925. The third-order valence-corrected chi connectivity index (χ3v) is 2.53. The van der Waals surface area contributed by atoms with E-state index in [0.29, 0.717) is 8.80 Å². The van der Waals surface area contributed by atoms with Crippen molar-refractivity contribution in [3.8, 4) is 12.1 Å². The summed E-state index contributed by atoms with van der Waals surface area (Å²) in [7, 11) is 0. The molecule has 68 valence electrons. The van der Waals surface area contributed by atoms with Crippen molar-refractivity contribution in [3.05, 3.63) is 34.7 Å². The summed E-state index contributed by atoms with van der Waals surface area (Å²) in [5.41, 5.74) is 5.62. The molecule has 0 aromatic heterocycles. The van der Waals surface area contributed by atoms with Crippen molar-refractivity contribution in [1.82, 2.24) is 0 Å². The van der Waals surface area contributed by atoms with E-state index in [-0.39, 0.29) is 5.70 Å². The molecule has 3 nitrogen and oxygen atoms in total. The van der Waals surface area contributed by atoms with Gasteiger partial charge in [-0.05, 0) is 27.8 Å². The molecule has 0 aliphatic rings. The van der Waals surface area contributed by atoms with Gasteiger partial charge in [-0.1, -0.05) is 24.3 Å². The van der Waals surface area contributed by atoms with Gasteiger partial charge in [-0.2, -0.15) is 10.5 Å². The van der Waals surface area contributed by atoms with Crippen molar-refractivity contribution < 1.29 is 0 Å². The van der Waals surface area contributed by atoms with E-state index in [1.165, 1.54) is 0 Å². The SMILES string of the molecule is N#CC(N)=c1ccc(=C(I)C#N)cc1. The number of nitrogens with two attached hydrogens (primary N) is 1. The van der Waals surface area contributed by atoms with Crippen molar-refractivity contribution in [2.75, 3.05) is 0 Å². The molecule has 0 heterocycles. The molecule has 0 atom stereocenters. The van der Waals surface area contributed by atoms with Crippen LogP contribution in [0.1, 0.15) is 0 Å². The highest BCUT2D eigenvalue weighted by atomic mass is 127. The Labute approximate surface area is 94.9 Å². The van der Waals surface area contributed by atoms with Gasteiger partial charge < -0.3 is 5.73 Å². The molecule has 0 aliphatic carbocycles. The number of hydrogen-bond acceptors (Lipinski definition) is 3. The lowest BCUT2D eigenvalue weighted by Crippen LogP contribution is -2.14. The monoisotopic (exact) mass is 295 g/mol. The Morgan fingerprint density at radius 3 is 2.00 bits per heavy atom. The molecular formula is C10H6IN3. The third kappa shape index (κ3) is 2.24. The summed E-state index contributed by atoms with van der Waals surface area (Å²) in [5, 5.41) is 18.7.